The number of hydrogen-bond acceptors (Lipinski definition) is 4. The SMILES string of the molecule is Cc1ccnc(NCc2ccc(-c3cccc(Cl)c3C(F)F)cc2)c1NC(=O)CCC#N. The summed E-state index contributed by atoms with van der Waals surface area (Å²) in [5, 5.41) is 14.7. The van der Waals surface area contributed by atoms with Crippen molar-refractivity contribution in [3.05, 3.63) is 76.4 Å². The summed E-state index contributed by atoms with van der Waals surface area (Å²) in [4.78, 5) is 16.3. The maximum absolute atomic E-state index is 13.4. The minimum atomic E-state index is -2.67. The summed E-state index contributed by atoms with van der Waals surface area (Å²) in [6, 6.07) is 15.7. The number of nitriles is 1. The highest BCUT2D eigenvalue weighted by atomic mass is 35.5. The number of carbonyl (C=O) groups is 1. The van der Waals surface area contributed by atoms with Crippen LogP contribution in [0.3, 0.4) is 0 Å². The maximum atomic E-state index is 13.4. The van der Waals surface area contributed by atoms with Gasteiger partial charge in [0.25, 0.3) is 6.43 Å². The van der Waals surface area contributed by atoms with E-state index in [0.29, 0.717) is 29.2 Å². The van der Waals surface area contributed by atoms with Gasteiger partial charge in [-0.15, -0.1) is 0 Å². The van der Waals surface area contributed by atoms with Gasteiger partial charge in [-0.3, -0.25) is 4.79 Å². The van der Waals surface area contributed by atoms with Gasteiger partial charge in [0.2, 0.25) is 5.91 Å². The summed E-state index contributed by atoms with van der Waals surface area (Å²) in [7, 11) is 0. The number of aromatic nitrogens is 1. The number of anilines is 2. The summed E-state index contributed by atoms with van der Waals surface area (Å²) in [6.45, 7) is 2.27. The lowest BCUT2D eigenvalue weighted by atomic mass is 9.98. The Hall–Kier alpha value is -3.50. The average Bonchev–Trinajstić information content (AvgIpc) is 2.78. The van der Waals surface area contributed by atoms with Gasteiger partial charge in [-0.05, 0) is 41.3 Å². The number of pyridine rings is 1. The third kappa shape index (κ3) is 5.59. The average molecular weight is 455 g/mol. The lowest BCUT2D eigenvalue weighted by Crippen LogP contribution is -2.15. The van der Waals surface area contributed by atoms with Crippen LogP contribution < -0.4 is 10.6 Å². The summed E-state index contributed by atoms with van der Waals surface area (Å²) >= 11 is 5.97. The number of halogens is 3. The first-order valence-electron chi connectivity index (χ1n) is 9.93. The van der Waals surface area contributed by atoms with Gasteiger partial charge < -0.3 is 10.6 Å². The predicted molar refractivity (Wildman–Crippen MR) is 122 cm³/mol. The summed E-state index contributed by atoms with van der Waals surface area (Å²) in [5.74, 6) is 0.251. The number of amides is 1. The second-order valence-electron chi connectivity index (χ2n) is 7.11. The van der Waals surface area contributed by atoms with Gasteiger partial charge in [-0.25, -0.2) is 13.8 Å². The highest BCUT2D eigenvalue weighted by Gasteiger charge is 2.18. The van der Waals surface area contributed by atoms with Crippen LogP contribution >= 0.6 is 11.6 Å². The van der Waals surface area contributed by atoms with E-state index in [0.717, 1.165) is 11.1 Å². The molecule has 2 N–H and O–H groups in total. The molecule has 1 heterocycles. The zero-order valence-electron chi connectivity index (χ0n) is 17.3. The maximum Gasteiger partial charge on any atom is 0.265 e. The fourth-order valence-electron chi connectivity index (χ4n) is 3.22. The molecule has 1 aromatic heterocycles. The first kappa shape index (κ1) is 23.2. The summed E-state index contributed by atoms with van der Waals surface area (Å²) in [5.41, 5.74) is 3.16. The van der Waals surface area contributed by atoms with Crippen molar-refractivity contribution in [2.75, 3.05) is 10.6 Å². The van der Waals surface area contributed by atoms with Crippen LogP contribution in [-0.2, 0) is 11.3 Å². The van der Waals surface area contributed by atoms with Crippen LogP contribution in [0.4, 0.5) is 20.3 Å². The Balaban J connectivity index is 1.75. The number of nitrogens with one attached hydrogen (secondary N) is 2. The van der Waals surface area contributed by atoms with Crippen LogP contribution in [0.2, 0.25) is 5.02 Å². The molecule has 0 atom stereocenters. The monoisotopic (exact) mass is 454 g/mol. The Morgan fingerprint density at radius 1 is 1.19 bits per heavy atom. The molecule has 8 heteroatoms. The molecule has 1 amide bonds. The molecule has 3 rings (SSSR count). The van der Waals surface area contributed by atoms with Crippen LogP contribution in [0.15, 0.2) is 54.7 Å². The van der Waals surface area contributed by atoms with E-state index in [4.69, 9.17) is 16.9 Å². The number of carbonyl (C=O) groups excluding carboxylic acids is 1. The third-order valence-corrected chi connectivity index (χ3v) is 5.21. The topological polar surface area (TPSA) is 77.8 Å². The highest BCUT2D eigenvalue weighted by molar-refractivity contribution is 6.31. The molecule has 0 aliphatic carbocycles. The van der Waals surface area contributed by atoms with Crippen LogP contribution in [0, 0.1) is 18.3 Å². The number of benzene rings is 2. The largest absolute Gasteiger partial charge is 0.364 e. The molecule has 5 nitrogen and oxygen atoms in total. The van der Waals surface area contributed by atoms with E-state index >= 15 is 0 Å². The Bertz CT molecular complexity index is 1140. The molecule has 0 bridgehead atoms. The number of aryl methyl sites for hydroxylation is 1. The molecule has 0 saturated carbocycles. The minimum Gasteiger partial charge on any atom is -0.364 e. The lowest BCUT2D eigenvalue weighted by Gasteiger charge is -2.15. The number of nitrogens with zero attached hydrogens (tertiary/aromatic N) is 2. The molecule has 0 aliphatic rings. The molecule has 3 aromatic rings. The molecule has 32 heavy (non-hydrogen) atoms. The second-order valence-corrected chi connectivity index (χ2v) is 7.52. The zero-order valence-corrected chi connectivity index (χ0v) is 18.1. The highest BCUT2D eigenvalue weighted by Crippen LogP contribution is 2.36. The Kier molecular flexibility index (Phi) is 7.74. The van der Waals surface area contributed by atoms with E-state index in [1.165, 1.54) is 6.07 Å². The normalized spacial score (nSPS) is 10.6. The Labute approximate surface area is 190 Å². The fraction of sp³-hybridized carbons (Fsp3) is 0.208. The predicted octanol–water partition coefficient (Wildman–Crippen LogP) is 6.50. The van der Waals surface area contributed by atoms with Crippen molar-refractivity contribution in [1.29, 1.82) is 5.26 Å². The van der Waals surface area contributed by atoms with E-state index < -0.39 is 6.43 Å². The molecule has 0 spiro atoms. The van der Waals surface area contributed by atoms with Crippen molar-refractivity contribution in [3.8, 4) is 17.2 Å². The van der Waals surface area contributed by atoms with Crippen molar-refractivity contribution < 1.29 is 13.6 Å². The molecule has 164 valence electrons. The van der Waals surface area contributed by atoms with Gasteiger partial charge in [0.05, 0.1) is 16.8 Å². The molecule has 2 aromatic carbocycles. The molecule has 0 unspecified atom stereocenters. The molecule has 0 radical (unpaired) electrons. The fourth-order valence-corrected chi connectivity index (χ4v) is 3.48. The number of rotatable bonds is 8. The van der Waals surface area contributed by atoms with Crippen LogP contribution in [0.1, 0.15) is 36.0 Å². The van der Waals surface area contributed by atoms with Gasteiger partial charge in [0.1, 0.15) is 5.82 Å². The minimum absolute atomic E-state index is 0.0399. The van der Waals surface area contributed by atoms with Crippen molar-refractivity contribution in [3.63, 3.8) is 0 Å². The number of alkyl halides is 2. The van der Waals surface area contributed by atoms with Gasteiger partial charge >= 0.3 is 0 Å². The molecular formula is C24H21ClF2N4O. The van der Waals surface area contributed by atoms with E-state index in [2.05, 4.69) is 15.6 Å². The molecule has 0 saturated heterocycles. The molecular weight excluding hydrogens is 434 g/mol. The molecule has 0 aliphatic heterocycles. The van der Waals surface area contributed by atoms with E-state index in [9.17, 15) is 13.6 Å². The van der Waals surface area contributed by atoms with Crippen molar-refractivity contribution in [2.24, 2.45) is 0 Å². The summed E-state index contributed by atoms with van der Waals surface area (Å²) in [6.07, 6.45) is -0.790. The second kappa shape index (κ2) is 10.7. The number of hydrogen-bond donors (Lipinski definition) is 2. The first-order valence-corrected chi connectivity index (χ1v) is 10.3. The van der Waals surface area contributed by atoms with E-state index in [1.54, 1.807) is 36.5 Å². The van der Waals surface area contributed by atoms with Gasteiger partial charge in [-0.2, -0.15) is 5.26 Å². The summed E-state index contributed by atoms with van der Waals surface area (Å²) < 4.78 is 26.9. The van der Waals surface area contributed by atoms with E-state index in [-0.39, 0.29) is 29.3 Å². The first-order chi connectivity index (χ1) is 15.4. The van der Waals surface area contributed by atoms with Gasteiger partial charge in [0, 0.05) is 31.1 Å². The van der Waals surface area contributed by atoms with Crippen LogP contribution in [0.25, 0.3) is 11.1 Å². The Morgan fingerprint density at radius 3 is 2.62 bits per heavy atom. The van der Waals surface area contributed by atoms with E-state index in [1.807, 2.05) is 25.1 Å². The van der Waals surface area contributed by atoms with Gasteiger partial charge in [0.15, 0.2) is 0 Å². The van der Waals surface area contributed by atoms with Crippen LogP contribution in [-0.4, -0.2) is 10.9 Å². The molecule has 0 fully saturated rings. The van der Waals surface area contributed by atoms with Gasteiger partial charge in [-0.1, -0.05) is 48.0 Å². The standard InChI is InChI=1S/C24H21ClF2N4O/c1-15-11-13-29-24(22(15)31-20(32)6-3-12-28)30-14-16-7-9-17(10-8-16)18-4-2-5-19(25)21(18)23(26)27/h2,4-5,7-11,13,23H,3,6,14H2,1H3,(H,29,30)(H,31,32). The third-order valence-electron chi connectivity index (χ3n) is 4.88. The zero-order chi connectivity index (χ0) is 23.1. The van der Waals surface area contributed by atoms with Crippen molar-refractivity contribution in [2.45, 2.75) is 32.7 Å². The lowest BCUT2D eigenvalue weighted by molar-refractivity contribution is -0.116. The smallest absolute Gasteiger partial charge is 0.265 e. The van der Waals surface area contributed by atoms with Crippen molar-refractivity contribution >= 4 is 29.0 Å². The quantitative estimate of drug-likeness (QED) is 0.407. The van der Waals surface area contributed by atoms with Crippen LogP contribution in [0.5, 0.6) is 0 Å². The Morgan fingerprint density at radius 2 is 1.94 bits per heavy atom. The van der Waals surface area contributed by atoms with Crippen molar-refractivity contribution in [1.82, 2.24) is 4.98 Å².